The minimum atomic E-state index is -0.520. The number of hydrogen-bond acceptors (Lipinski definition) is 4. The van der Waals surface area contributed by atoms with Crippen LogP contribution in [0.15, 0.2) is 54.6 Å². The Balaban J connectivity index is 1.81. The van der Waals surface area contributed by atoms with E-state index >= 15 is 0 Å². The van der Waals surface area contributed by atoms with Gasteiger partial charge < -0.3 is 15.4 Å². The number of carbonyl (C=O) groups excluding carboxylic acids is 3. The van der Waals surface area contributed by atoms with Gasteiger partial charge in [0.05, 0.1) is 0 Å². The van der Waals surface area contributed by atoms with Crippen LogP contribution in [0.3, 0.4) is 0 Å². The van der Waals surface area contributed by atoms with Crippen molar-refractivity contribution in [3.63, 3.8) is 0 Å². The van der Waals surface area contributed by atoms with Gasteiger partial charge in [0.15, 0.2) is 0 Å². The second kappa shape index (κ2) is 8.98. The van der Waals surface area contributed by atoms with E-state index in [2.05, 4.69) is 10.6 Å². The van der Waals surface area contributed by atoms with Gasteiger partial charge in [0.25, 0.3) is 11.8 Å². The Labute approximate surface area is 158 Å². The summed E-state index contributed by atoms with van der Waals surface area (Å²) in [6, 6.07) is 15.5. The largest absolute Gasteiger partial charge is 0.460 e. The van der Waals surface area contributed by atoms with Gasteiger partial charge in [-0.05, 0) is 50.6 Å². The fraction of sp³-hybridized carbons (Fsp3) is 0.286. The molecule has 0 aliphatic rings. The Hall–Kier alpha value is -3.15. The van der Waals surface area contributed by atoms with Crippen LogP contribution in [0.5, 0.6) is 0 Å². The van der Waals surface area contributed by atoms with Crippen LogP contribution in [-0.2, 0) is 16.1 Å². The minimum Gasteiger partial charge on any atom is -0.460 e. The van der Waals surface area contributed by atoms with Gasteiger partial charge in [0.2, 0.25) is 0 Å². The van der Waals surface area contributed by atoms with Crippen LogP contribution < -0.4 is 10.6 Å². The fourth-order valence-electron chi connectivity index (χ4n) is 2.23. The molecule has 0 aliphatic heterocycles. The molecular weight excluding hydrogens is 344 g/mol. The molecule has 0 fully saturated rings. The minimum absolute atomic E-state index is 0.160. The van der Waals surface area contributed by atoms with Gasteiger partial charge in [-0.25, -0.2) is 0 Å². The van der Waals surface area contributed by atoms with Gasteiger partial charge in [-0.1, -0.05) is 30.3 Å². The summed E-state index contributed by atoms with van der Waals surface area (Å²) >= 11 is 0. The molecule has 0 bridgehead atoms. The summed E-state index contributed by atoms with van der Waals surface area (Å²) in [6.45, 7) is 5.61. The molecule has 2 N–H and O–H groups in total. The summed E-state index contributed by atoms with van der Waals surface area (Å²) in [5.74, 6) is -1.14. The molecule has 0 saturated carbocycles. The van der Waals surface area contributed by atoms with Crippen molar-refractivity contribution in [3.8, 4) is 0 Å². The molecule has 0 aromatic heterocycles. The predicted molar refractivity (Wildman–Crippen MR) is 102 cm³/mol. The summed E-state index contributed by atoms with van der Waals surface area (Å²) in [6.07, 6.45) is 0. The molecule has 0 radical (unpaired) electrons. The number of hydrogen-bond donors (Lipinski definition) is 2. The first kappa shape index (κ1) is 20.2. The number of carbonyl (C=O) groups is 3. The zero-order valence-corrected chi connectivity index (χ0v) is 15.7. The molecule has 142 valence electrons. The van der Waals surface area contributed by atoms with E-state index in [-0.39, 0.29) is 24.6 Å². The first-order valence-corrected chi connectivity index (χ1v) is 8.65. The quantitative estimate of drug-likeness (QED) is 0.768. The number of rotatable bonds is 6. The molecule has 6 heteroatoms. The van der Waals surface area contributed by atoms with Gasteiger partial charge in [0, 0.05) is 16.7 Å². The van der Waals surface area contributed by atoms with Gasteiger partial charge in [0.1, 0.15) is 13.2 Å². The Bertz CT molecular complexity index is 793. The van der Waals surface area contributed by atoms with Crippen LogP contribution in [0.25, 0.3) is 0 Å². The highest BCUT2D eigenvalue weighted by Crippen LogP contribution is 2.07. The number of benzene rings is 2. The topological polar surface area (TPSA) is 84.5 Å². The number of nitrogens with one attached hydrogen (secondary N) is 2. The number of esters is 1. The molecule has 27 heavy (non-hydrogen) atoms. The molecule has 0 unspecified atom stereocenters. The maximum atomic E-state index is 12.1. The first-order chi connectivity index (χ1) is 12.7. The highest BCUT2D eigenvalue weighted by atomic mass is 16.5. The Morgan fingerprint density at radius 1 is 0.852 bits per heavy atom. The molecule has 2 aromatic rings. The summed E-state index contributed by atoms with van der Waals surface area (Å²) in [7, 11) is 0. The van der Waals surface area contributed by atoms with Gasteiger partial charge in [-0.3, -0.25) is 14.4 Å². The van der Waals surface area contributed by atoms with E-state index in [1.807, 2.05) is 51.1 Å². The van der Waals surface area contributed by atoms with E-state index in [1.54, 1.807) is 24.3 Å². The van der Waals surface area contributed by atoms with Crippen molar-refractivity contribution in [2.24, 2.45) is 0 Å². The van der Waals surface area contributed by atoms with E-state index in [0.717, 1.165) is 5.56 Å². The summed E-state index contributed by atoms with van der Waals surface area (Å²) in [5, 5.41) is 5.36. The van der Waals surface area contributed by atoms with Crippen LogP contribution in [-0.4, -0.2) is 29.9 Å². The van der Waals surface area contributed by atoms with Gasteiger partial charge in [-0.2, -0.15) is 0 Å². The molecule has 0 saturated heterocycles. The molecule has 2 rings (SSSR count). The zero-order valence-electron chi connectivity index (χ0n) is 15.7. The van der Waals surface area contributed by atoms with Crippen molar-refractivity contribution in [1.29, 1.82) is 0 Å². The fourth-order valence-corrected chi connectivity index (χ4v) is 2.23. The zero-order chi connectivity index (χ0) is 19.9. The summed E-state index contributed by atoms with van der Waals surface area (Å²) in [4.78, 5) is 35.9. The van der Waals surface area contributed by atoms with E-state index < -0.39 is 11.9 Å². The lowest BCUT2D eigenvalue weighted by molar-refractivity contribution is -0.143. The molecule has 0 atom stereocenters. The van der Waals surface area contributed by atoms with Crippen molar-refractivity contribution in [2.45, 2.75) is 32.9 Å². The van der Waals surface area contributed by atoms with Crippen LogP contribution in [0.2, 0.25) is 0 Å². The number of amides is 2. The lowest BCUT2D eigenvalue weighted by atomic mass is 10.1. The van der Waals surface area contributed by atoms with E-state index in [1.165, 1.54) is 0 Å². The standard InChI is InChI=1S/C21H24N2O4/c1-21(2,3)23-20(26)17-11-9-16(10-12-17)19(25)22-13-18(24)27-14-15-7-5-4-6-8-15/h4-12H,13-14H2,1-3H3,(H,22,25)(H,23,26). The summed E-state index contributed by atoms with van der Waals surface area (Å²) < 4.78 is 5.10. The average Bonchev–Trinajstić information content (AvgIpc) is 2.64. The van der Waals surface area contributed by atoms with E-state index in [4.69, 9.17) is 4.74 Å². The highest BCUT2D eigenvalue weighted by Gasteiger charge is 2.16. The molecule has 2 amide bonds. The number of ether oxygens (including phenoxy) is 1. The van der Waals surface area contributed by atoms with Crippen LogP contribution in [0.4, 0.5) is 0 Å². The highest BCUT2D eigenvalue weighted by molar-refractivity contribution is 5.98. The van der Waals surface area contributed by atoms with Crippen molar-refractivity contribution < 1.29 is 19.1 Å². The maximum absolute atomic E-state index is 12.1. The van der Waals surface area contributed by atoms with Crippen molar-refractivity contribution in [3.05, 3.63) is 71.3 Å². The lowest BCUT2D eigenvalue weighted by Gasteiger charge is -2.20. The maximum Gasteiger partial charge on any atom is 0.325 e. The van der Waals surface area contributed by atoms with Crippen molar-refractivity contribution in [1.82, 2.24) is 10.6 Å². The second-order valence-corrected chi connectivity index (χ2v) is 7.11. The van der Waals surface area contributed by atoms with Crippen LogP contribution in [0.1, 0.15) is 47.1 Å². The Morgan fingerprint density at radius 2 is 1.41 bits per heavy atom. The molecule has 2 aromatic carbocycles. The molecule has 0 aliphatic carbocycles. The Kier molecular flexibility index (Phi) is 6.71. The third kappa shape index (κ3) is 6.93. The van der Waals surface area contributed by atoms with Crippen LogP contribution in [0, 0.1) is 0 Å². The normalized spacial score (nSPS) is 10.8. The predicted octanol–water partition coefficient (Wildman–Crippen LogP) is 2.69. The van der Waals surface area contributed by atoms with E-state index in [0.29, 0.717) is 11.1 Å². The Morgan fingerprint density at radius 3 is 1.96 bits per heavy atom. The van der Waals surface area contributed by atoms with Gasteiger partial charge in [-0.15, -0.1) is 0 Å². The lowest BCUT2D eigenvalue weighted by Crippen LogP contribution is -2.40. The van der Waals surface area contributed by atoms with E-state index in [9.17, 15) is 14.4 Å². The molecule has 6 nitrogen and oxygen atoms in total. The average molecular weight is 368 g/mol. The molecule has 0 heterocycles. The second-order valence-electron chi connectivity index (χ2n) is 7.11. The first-order valence-electron chi connectivity index (χ1n) is 8.65. The van der Waals surface area contributed by atoms with Crippen LogP contribution >= 0.6 is 0 Å². The third-order valence-electron chi connectivity index (χ3n) is 3.53. The molecule has 0 spiro atoms. The summed E-state index contributed by atoms with van der Waals surface area (Å²) in [5.41, 5.74) is 1.36. The smallest absolute Gasteiger partial charge is 0.325 e. The SMILES string of the molecule is CC(C)(C)NC(=O)c1ccc(C(=O)NCC(=O)OCc2ccccc2)cc1. The molecular formula is C21H24N2O4. The third-order valence-corrected chi connectivity index (χ3v) is 3.53. The van der Waals surface area contributed by atoms with Crippen molar-refractivity contribution >= 4 is 17.8 Å². The van der Waals surface area contributed by atoms with Crippen molar-refractivity contribution in [2.75, 3.05) is 6.54 Å². The van der Waals surface area contributed by atoms with Gasteiger partial charge >= 0.3 is 5.97 Å². The monoisotopic (exact) mass is 368 g/mol.